The van der Waals surface area contributed by atoms with E-state index in [0.717, 1.165) is 18.0 Å². The van der Waals surface area contributed by atoms with E-state index in [1.54, 1.807) is 6.20 Å². The standard InChI is InChI=1S/C21H21F3N8/c1-20(2)12-31(10-14(30-20)13-3-5-25-7-13)17-4-6-26-19(29-17)15-8-28-18-9-27-16(11-32(15)18)21(22,23)24/h3-4,6-9,11,14,30H,5,10,12H2,1-2H3. The molecule has 5 rings (SSSR count). The summed E-state index contributed by atoms with van der Waals surface area (Å²) < 4.78 is 40.8. The monoisotopic (exact) mass is 442 g/mol. The van der Waals surface area contributed by atoms with Crippen LogP contribution in [0.2, 0.25) is 0 Å². The fourth-order valence-electron chi connectivity index (χ4n) is 4.14. The van der Waals surface area contributed by atoms with E-state index in [4.69, 9.17) is 0 Å². The van der Waals surface area contributed by atoms with E-state index in [0.29, 0.717) is 37.0 Å². The van der Waals surface area contributed by atoms with Crippen LogP contribution in [0.3, 0.4) is 0 Å². The summed E-state index contributed by atoms with van der Waals surface area (Å²) in [4.78, 5) is 23.0. The molecule has 1 unspecified atom stereocenters. The zero-order valence-electron chi connectivity index (χ0n) is 17.5. The highest BCUT2D eigenvalue weighted by Crippen LogP contribution is 2.29. The number of nitrogens with zero attached hydrogens (tertiary/aromatic N) is 7. The number of piperazine rings is 1. The second-order valence-electron chi connectivity index (χ2n) is 8.54. The van der Waals surface area contributed by atoms with Gasteiger partial charge in [-0.25, -0.2) is 19.9 Å². The first kappa shape index (κ1) is 20.6. The van der Waals surface area contributed by atoms with Gasteiger partial charge in [0.1, 0.15) is 11.5 Å². The molecule has 0 radical (unpaired) electrons. The molecule has 0 aromatic carbocycles. The number of aromatic nitrogens is 5. The topological polar surface area (TPSA) is 83.6 Å². The summed E-state index contributed by atoms with van der Waals surface area (Å²) in [5.41, 5.74) is 0.621. The van der Waals surface area contributed by atoms with E-state index in [2.05, 4.69) is 55.1 Å². The normalized spacial score (nSPS) is 20.7. The van der Waals surface area contributed by atoms with E-state index in [9.17, 15) is 13.2 Å². The Morgan fingerprint density at radius 1 is 1.16 bits per heavy atom. The third kappa shape index (κ3) is 3.83. The Balaban J connectivity index is 1.50. The molecule has 8 nitrogen and oxygen atoms in total. The van der Waals surface area contributed by atoms with Gasteiger partial charge in [-0.1, -0.05) is 6.08 Å². The Morgan fingerprint density at radius 2 is 2.00 bits per heavy atom. The van der Waals surface area contributed by atoms with Gasteiger partial charge >= 0.3 is 6.18 Å². The summed E-state index contributed by atoms with van der Waals surface area (Å²) in [7, 11) is 0. The maximum absolute atomic E-state index is 13.1. The van der Waals surface area contributed by atoms with E-state index in [1.807, 2.05) is 12.3 Å². The van der Waals surface area contributed by atoms with Crippen molar-refractivity contribution in [1.29, 1.82) is 0 Å². The molecule has 2 aliphatic heterocycles. The summed E-state index contributed by atoms with van der Waals surface area (Å²) in [5.74, 6) is 0.994. The molecule has 0 bridgehead atoms. The zero-order valence-corrected chi connectivity index (χ0v) is 17.5. The second-order valence-corrected chi connectivity index (χ2v) is 8.54. The molecular weight excluding hydrogens is 421 g/mol. The van der Waals surface area contributed by atoms with Crippen molar-refractivity contribution in [3.8, 4) is 11.5 Å². The average molecular weight is 442 g/mol. The molecular formula is C21H21F3N8. The van der Waals surface area contributed by atoms with Crippen LogP contribution in [-0.2, 0) is 6.18 Å². The van der Waals surface area contributed by atoms with Crippen LogP contribution in [0.1, 0.15) is 19.5 Å². The van der Waals surface area contributed by atoms with Gasteiger partial charge in [-0.15, -0.1) is 0 Å². The molecule has 1 saturated heterocycles. The number of fused-ring (bicyclic) bond motifs is 1. The van der Waals surface area contributed by atoms with Crippen LogP contribution in [0.25, 0.3) is 17.2 Å². The minimum absolute atomic E-state index is 0.0969. The van der Waals surface area contributed by atoms with Crippen molar-refractivity contribution in [3.63, 3.8) is 0 Å². The minimum Gasteiger partial charge on any atom is -0.353 e. The van der Waals surface area contributed by atoms with Gasteiger partial charge in [-0.2, -0.15) is 13.2 Å². The fourth-order valence-corrected chi connectivity index (χ4v) is 4.14. The lowest BCUT2D eigenvalue weighted by Crippen LogP contribution is -2.62. The summed E-state index contributed by atoms with van der Waals surface area (Å²) in [6, 6.07) is 1.91. The number of alkyl halides is 3. The number of aliphatic imine (C=N–C) groups is 1. The number of halogens is 3. The Bertz CT molecular complexity index is 1230. The smallest absolute Gasteiger partial charge is 0.353 e. The molecule has 0 amide bonds. The largest absolute Gasteiger partial charge is 0.434 e. The maximum Gasteiger partial charge on any atom is 0.434 e. The van der Waals surface area contributed by atoms with Crippen molar-refractivity contribution in [2.24, 2.45) is 4.99 Å². The zero-order chi connectivity index (χ0) is 22.5. The van der Waals surface area contributed by atoms with Gasteiger partial charge in [-0.05, 0) is 25.5 Å². The first-order valence-electron chi connectivity index (χ1n) is 10.2. The summed E-state index contributed by atoms with van der Waals surface area (Å²) in [6.07, 6.45) is 4.53. The summed E-state index contributed by atoms with van der Waals surface area (Å²) >= 11 is 0. The van der Waals surface area contributed by atoms with Crippen LogP contribution in [0, 0.1) is 0 Å². The Labute approximate surface area is 181 Å². The average Bonchev–Trinajstić information content (AvgIpc) is 3.42. The highest BCUT2D eigenvalue weighted by atomic mass is 19.4. The van der Waals surface area contributed by atoms with Gasteiger partial charge in [0.05, 0.1) is 25.0 Å². The maximum atomic E-state index is 13.1. The van der Waals surface area contributed by atoms with Crippen molar-refractivity contribution < 1.29 is 13.2 Å². The number of hydrogen-bond donors (Lipinski definition) is 1. The van der Waals surface area contributed by atoms with Crippen molar-refractivity contribution in [2.45, 2.75) is 31.6 Å². The van der Waals surface area contributed by atoms with Crippen LogP contribution in [0.5, 0.6) is 0 Å². The molecule has 3 aromatic heterocycles. The molecule has 32 heavy (non-hydrogen) atoms. The number of rotatable bonds is 3. The van der Waals surface area contributed by atoms with Gasteiger partial charge in [0, 0.05) is 37.2 Å². The fraction of sp³-hybridized carbons (Fsp3) is 0.381. The number of hydrogen-bond acceptors (Lipinski definition) is 7. The van der Waals surface area contributed by atoms with Crippen LogP contribution >= 0.6 is 0 Å². The quantitative estimate of drug-likeness (QED) is 0.672. The Hall–Kier alpha value is -3.34. The number of imidazole rings is 1. The molecule has 1 atom stereocenters. The van der Waals surface area contributed by atoms with Crippen LogP contribution in [0.4, 0.5) is 19.0 Å². The van der Waals surface area contributed by atoms with Crippen molar-refractivity contribution in [1.82, 2.24) is 29.7 Å². The predicted octanol–water partition coefficient (Wildman–Crippen LogP) is 2.77. The number of anilines is 1. The molecule has 0 saturated carbocycles. The van der Waals surface area contributed by atoms with Crippen LogP contribution in [0.15, 0.2) is 47.5 Å². The Kier molecular flexibility index (Phi) is 4.73. The minimum atomic E-state index is -4.56. The van der Waals surface area contributed by atoms with Crippen molar-refractivity contribution in [3.05, 3.63) is 48.2 Å². The van der Waals surface area contributed by atoms with Crippen molar-refractivity contribution in [2.75, 3.05) is 24.5 Å². The van der Waals surface area contributed by atoms with Gasteiger partial charge in [0.2, 0.25) is 0 Å². The lowest BCUT2D eigenvalue weighted by molar-refractivity contribution is -0.141. The molecule has 5 heterocycles. The van der Waals surface area contributed by atoms with E-state index in [1.165, 1.54) is 10.6 Å². The molecule has 166 valence electrons. The third-order valence-corrected chi connectivity index (χ3v) is 5.51. The Morgan fingerprint density at radius 3 is 2.75 bits per heavy atom. The highest BCUT2D eigenvalue weighted by molar-refractivity contribution is 5.82. The van der Waals surface area contributed by atoms with E-state index < -0.39 is 11.9 Å². The molecule has 1 fully saturated rings. The van der Waals surface area contributed by atoms with Gasteiger partial charge < -0.3 is 10.2 Å². The number of nitrogens with one attached hydrogen (secondary N) is 1. The summed E-state index contributed by atoms with van der Waals surface area (Å²) in [5, 5.41) is 3.65. The first-order valence-corrected chi connectivity index (χ1v) is 10.2. The molecule has 2 aliphatic rings. The SMILES string of the molecule is CC1(C)CN(c2ccnc(-c3cnc4cnc(C(F)(F)F)cn34)n2)CC(C2=CCN=C2)N1. The first-order chi connectivity index (χ1) is 15.2. The second kappa shape index (κ2) is 7.37. The molecule has 3 aromatic rings. The lowest BCUT2D eigenvalue weighted by Gasteiger charge is -2.44. The van der Waals surface area contributed by atoms with E-state index >= 15 is 0 Å². The van der Waals surface area contributed by atoms with Crippen LogP contribution < -0.4 is 10.2 Å². The van der Waals surface area contributed by atoms with Gasteiger partial charge in [0.15, 0.2) is 17.2 Å². The molecule has 0 aliphatic carbocycles. The third-order valence-electron chi connectivity index (χ3n) is 5.51. The lowest BCUT2D eigenvalue weighted by atomic mass is 9.95. The highest BCUT2D eigenvalue weighted by Gasteiger charge is 2.35. The molecule has 1 N–H and O–H groups in total. The molecule has 0 spiro atoms. The van der Waals surface area contributed by atoms with Gasteiger partial charge in [0.25, 0.3) is 0 Å². The van der Waals surface area contributed by atoms with E-state index in [-0.39, 0.29) is 17.2 Å². The summed E-state index contributed by atoms with van der Waals surface area (Å²) in [6.45, 7) is 6.33. The van der Waals surface area contributed by atoms with Crippen LogP contribution in [-0.4, -0.2) is 61.8 Å². The molecule has 11 heteroatoms. The van der Waals surface area contributed by atoms with Gasteiger partial charge in [-0.3, -0.25) is 9.39 Å². The van der Waals surface area contributed by atoms with Crippen molar-refractivity contribution >= 4 is 17.7 Å². The predicted molar refractivity (Wildman–Crippen MR) is 114 cm³/mol.